The van der Waals surface area contributed by atoms with E-state index in [1.807, 2.05) is 20.9 Å². The Morgan fingerprint density at radius 2 is 2.00 bits per heavy atom. The average molecular weight is 347 g/mol. The van der Waals surface area contributed by atoms with Crippen molar-refractivity contribution in [3.63, 3.8) is 0 Å². The van der Waals surface area contributed by atoms with Crippen molar-refractivity contribution in [3.05, 3.63) is 52.1 Å². The Balaban J connectivity index is 2.07. The lowest BCUT2D eigenvalue weighted by atomic mass is 10.0. The van der Waals surface area contributed by atoms with E-state index in [4.69, 9.17) is 0 Å². The molecular formula is C18H22FN3O3. The Bertz CT molecular complexity index is 814. The summed E-state index contributed by atoms with van der Waals surface area (Å²) in [6.07, 6.45) is 0.628. The van der Waals surface area contributed by atoms with Gasteiger partial charge in [0.1, 0.15) is 5.82 Å². The monoisotopic (exact) mass is 347 g/mol. The maximum absolute atomic E-state index is 13.4. The van der Waals surface area contributed by atoms with Crippen LogP contribution in [0.2, 0.25) is 0 Å². The zero-order valence-electron chi connectivity index (χ0n) is 14.8. The van der Waals surface area contributed by atoms with Crippen LogP contribution in [0.15, 0.2) is 18.2 Å². The van der Waals surface area contributed by atoms with Crippen LogP contribution in [0.5, 0.6) is 0 Å². The van der Waals surface area contributed by atoms with E-state index in [9.17, 15) is 19.1 Å². The molecule has 2 aromatic rings. The summed E-state index contributed by atoms with van der Waals surface area (Å²) in [5, 5.41) is 16.2. The molecule has 7 heteroatoms. The third kappa shape index (κ3) is 4.23. The van der Waals surface area contributed by atoms with Crippen molar-refractivity contribution in [2.45, 2.75) is 39.7 Å². The summed E-state index contributed by atoms with van der Waals surface area (Å²) in [5.41, 5.74) is 3.50. The number of aromatic nitrogens is 2. The smallest absolute Gasteiger partial charge is 0.330 e. The molecule has 134 valence electrons. The van der Waals surface area contributed by atoms with Crippen LogP contribution in [0.3, 0.4) is 0 Å². The summed E-state index contributed by atoms with van der Waals surface area (Å²) in [6, 6.07) is 2.80. The van der Waals surface area contributed by atoms with Crippen LogP contribution in [-0.4, -0.2) is 26.8 Å². The van der Waals surface area contributed by atoms with Crippen molar-refractivity contribution in [2.75, 3.05) is 0 Å². The molecule has 1 amide bonds. The molecule has 0 aliphatic rings. The number of nitrogens with zero attached hydrogens (tertiary/aromatic N) is 2. The van der Waals surface area contributed by atoms with Gasteiger partial charge in [-0.25, -0.2) is 9.18 Å². The lowest BCUT2D eigenvalue weighted by molar-refractivity contribution is -0.142. The van der Waals surface area contributed by atoms with Crippen molar-refractivity contribution in [3.8, 4) is 0 Å². The third-order valence-corrected chi connectivity index (χ3v) is 4.33. The Morgan fingerprint density at radius 3 is 2.52 bits per heavy atom. The van der Waals surface area contributed by atoms with Crippen molar-refractivity contribution in [1.29, 1.82) is 0 Å². The van der Waals surface area contributed by atoms with E-state index in [1.54, 1.807) is 11.6 Å². The largest absolute Gasteiger partial charge is 0.479 e. The van der Waals surface area contributed by atoms with E-state index in [1.165, 1.54) is 18.2 Å². The summed E-state index contributed by atoms with van der Waals surface area (Å²) in [6.45, 7) is 5.35. The van der Waals surface area contributed by atoms with Gasteiger partial charge in [-0.15, -0.1) is 0 Å². The minimum absolute atomic E-state index is 0.150. The van der Waals surface area contributed by atoms with Gasteiger partial charge in [0.05, 0.1) is 5.69 Å². The van der Waals surface area contributed by atoms with Crippen molar-refractivity contribution < 1.29 is 19.1 Å². The van der Waals surface area contributed by atoms with Crippen molar-refractivity contribution in [2.24, 2.45) is 7.05 Å². The number of carboxylic acids is 1. The molecule has 0 fully saturated rings. The molecule has 0 aliphatic carbocycles. The van der Waals surface area contributed by atoms with Gasteiger partial charge in [-0.1, -0.05) is 12.1 Å². The number of halogens is 1. The molecule has 1 heterocycles. The number of carbonyl (C=O) groups is 2. The topological polar surface area (TPSA) is 84.2 Å². The third-order valence-electron chi connectivity index (χ3n) is 4.33. The van der Waals surface area contributed by atoms with Gasteiger partial charge >= 0.3 is 5.97 Å². The van der Waals surface area contributed by atoms with Crippen LogP contribution < -0.4 is 5.32 Å². The summed E-state index contributed by atoms with van der Waals surface area (Å²) in [7, 11) is 1.84. The highest BCUT2D eigenvalue weighted by Crippen LogP contribution is 2.18. The fraction of sp³-hybridized carbons (Fsp3) is 0.389. The Hall–Kier alpha value is -2.70. The van der Waals surface area contributed by atoms with E-state index in [2.05, 4.69) is 10.4 Å². The molecule has 0 aliphatic heterocycles. The van der Waals surface area contributed by atoms with Gasteiger partial charge in [0.25, 0.3) is 0 Å². The number of hydrogen-bond donors (Lipinski definition) is 2. The van der Waals surface area contributed by atoms with Gasteiger partial charge in [-0.05, 0) is 49.9 Å². The SMILES string of the molecule is Cc1cc(C(NC(=O)CCc2c(C)nn(C)c2C)C(=O)O)ccc1F. The normalized spacial score (nSPS) is 12.0. The molecule has 2 rings (SSSR count). The number of benzene rings is 1. The zero-order chi connectivity index (χ0) is 18.7. The summed E-state index contributed by atoms with van der Waals surface area (Å²) < 4.78 is 15.1. The Morgan fingerprint density at radius 1 is 1.32 bits per heavy atom. The molecule has 0 saturated carbocycles. The second-order valence-corrected chi connectivity index (χ2v) is 6.12. The molecule has 0 radical (unpaired) electrons. The molecule has 1 atom stereocenters. The molecule has 1 unspecified atom stereocenters. The fourth-order valence-corrected chi connectivity index (χ4v) is 2.79. The summed E-state index contributed by atoms with van der Waals surface area (Å²) in [4.78, 5) is 23.7. The molecule has 25 heavy (non-hydrogen) atoms. The van der Waals surface area contributed by atoms with Crippen LogP contribution in [0.4, 0.5) is 4.39 Å². The Kier molecular flexibility index (Phi) is 5.56. The molecule has 6 nitrogen and oxygen atoms in total. The number of amides is 1. The van der Waals surface area contributed by atoms with E-state index >= 15 is 0 Å². The Labute approximate surface area is 145 Å². The minimum atomic E-state index is -1.21. The van der Waals surface area contributed by atoms with E-state index in [0.29, 0.717) is 17.5 Å². The predicted octanol–water partition coefficient (Wildman–Crippen LogP) is 2.36. The van der Waals surface area contributed by atoms with Gasteiger partial charge < -0.3 is 10.4 Å². The summed E-state index contributed by atoms with van der Waals surface area (Å²) >= 11 is 0. The highest BCUT2D eigenvalue weighted by atomic mass is 19.1. The van der Waals surface area contributed by atoms with Crippen LogP contribution >= 0.6 is 0 Å². The average Bonchev–Trinajstić information content (AvgIpc) is 2.78. The number of rotatable bonds is 6. The molecule has 0 spiro atoms. The second kappa shape index (κ2) is 7.46. The number of nitrogens with one attached hydrogen (secondary N) is 1. The van der Waals surface area contributed by atoms with Gasteiger partial charge in [0, 0.05) is 19.2 Å². The van der Waals surface area contributed by atoms with Gasteiger partial charge in [0.15, 0.2) is 6.04 Å². The van der Waals surface area contributed by atoms with Crippen LogP contribution in [0, 0.1) is 26.6 Å². The van der Waals surface area contributed by atoms with Crippen LogP contribution in [-0.2, 0) is 23.1 Å². The number of aryl methyl sites for hydroxylation is 3. The van der Waals surface area contributed by atoms with E-state index in [0.717, 1.165) is 17.0 Å². The highest BCUT2D eigenvalue weighted by Gasteiger charge is 2.23. The number of carboxylic acid groups (broad SMARTS) is 1. The standard InChI is InChI=1S/C18H22FN3O3/c1-10-9-13(5-7-15(10)19)17(18(24)25)20-16(23)8-6-14-11(2)21-22(4)12(14)3/h5,7,9,17H,6,8H2,1-4H3,(H,20,23)(H,24,25). The maximum atomic E-state index is 13.4. The minimum Gasteiger partial charge on any atom is -0.479 e. The lowest BCUT2D eigenvalue weighted by Gasteiger charge is -2.16. The van der Waals surface area contributed by atoms with E-state index in [-0.39, 0.29) is 12.3 Å². The molecule has 1 aromatic heterocycles. The fourth-order valence-electron chi connectivity index (χ4n) is 2.79. The molecule has 2 N–H and O–H groups in total. The van der Waals surface area contributed by atoms with E-state index < -0.39 is 17.8 Å². The first kappa shape index (κ1) is 18.6. The van der Waals surface area contributed by atoms with Crippen LogP contribution in [0.1, 0.15) is 40.5 Å². The van der Waals surface area contributed by atoms with Crippen molar-refractivity contribution in [1.82, 2.24) is 15.1 Å². The first-order chi connectivity index (χ1) is 11.7. The van der Waals surface area contributed by atoms with Gasteiger partial charge in [0.2, 0.25) is 5.91 Å². The first-order valence-electron chi connectivity index (χ1n) is 7.98. The van der Waals surface area contributed by atoms with Crippen LogP contribution in [0.25, 0.3) is 0 Å². The number of hydrogen-bond acceptors (Lipinski definition) is 3. The summed E-state index contributed by atoms with van der Waals surface area (Å²) in [5.74, 6) is -1.98. The highest BCUT2D eigenvalue weighted by molar-refractivity contribution is 5.84. The lowest BCUT2D eigenvalue weighted by Crippen LogP contribution is -2.34. The van der Waals surface area contributed by atoms with Crippen molar-refractivity contribution >= 4 is 11.9 Å². The quantitative estimate of drug-likeness (QED) is 0.840. The number of carbonyl (C=O) groups excluding carboxylic acids is 1. The molecular weight excluding hydrogens is 325 g/mol. The number of aliphatic carboxylic acids is 1. The molecule has 1 aromatic carbocycles. The molecule has 0 bridgehead atoms. The second-order valence-electron chi connectivity index (χ2n) is 6.12. The van der Waals surface area contributed by atoms with Gasteiger partial charge in [-0.3, -0.25) is 9.48 Å². The van der Waals surface area contributed by atoms with Gasteiger partial charge in [-0.2, -0.15) is 5.10 Å². The zero-order valence-corrected chi connectivity index (χ0v) is 14.8. The molecule has 0 saturated heterocycles. The first-order valence-corrected chi connectivity index (χ1v) is 7.98. The maximum Gasteiger partial charge on any atom is 0.330 e. The predicted molar refractivity (Wildman–Crippen MR) is 90.7 cm³/mol.